The van der Waals surface area contributed by atoms with Gasteiger partial charge in [-0.3, -0.25) is 4.98 Å². The monoisotopic (exact) mass is 406 g/mol. The SMILES string of the molecule is O=c1[nH]c(O)c(/C=c2\cnn3c(=NC4CC4)nc(NCc4ccccc4O)nc23)[nH]1. The van der Waals surface area contributed by atoms with E-state index in [9.17, 15) is 15.0 Å². The lowest BCUT2D eigenvalue weighted by Gasteiger charge is -2.07. The van der Waals surface area contributed by atoms with E-state index in [2.05, 4.69) is 35.3 Å². The summed E-state index contributed by atoms with van der Waals surface area (Å²) in [6.07, 6.45) is 5.14. The molecule has 3 heterocycles. The number of aromatic nitrogens is 6. The van der Waals surface area contributed by atoms with Gasteiger partial charge in [0.15, 0.2) is 5.65 Å². The average Bonchev–Trinajstić information content (AvgIpc) is 3.36. The number of fused-ring (bicyclic) bond motifs is 1. The minimum absolute atomic E-state index is 0.180. The van der Waals surface area contributed by atoms with Crippen LogP contribution in [0.5, 0.6) is 11.6 Å². The van der Waals surface area contributed by atoms with Crippen molar-refractivity contribution < 1.29 is 10.2 Å². The third kappa shape index (κ3) is 3.48. The van der Waals surface area contributed by atoms with E-state index in [1.165, 1.54) is 4.52 Å². The van der Waals surface area contributed by atoms with Crippen molar-refractivity contribution in [2.75, 3.05) is 5.32 Å². The number of hydrogen-bond acceptors (Lipinski definition) is 8. The van der Waals surface area contributed by atoms with Crippen LogP contribution in [0.3, 0.4) is 0 Å². The van der Waals surface area contributed by atoms with Gasteiger partial charge in [0, 0.05) is 17.3 Å². The van der Waals surface area contributed by atoms with E-state index in [-0.39, 0.29) is 23.4 Å². The molecule has 1 aliphatic rings. The average molecular weight is 406 g/mol. The van der Waals surface area contributed by atoms with Crippen LogP contribution >= 0.6 is 0 Å². The van der Waals surface area contributed by atoms with Crippen LogP contribution < -0.4 is 21.8 Å². The third-order valence-corrected chi connectivity index (χ3v) is 4.69. The Balaban J connectivity index is 1.60. The number of H-pyrrole nitrogens is 2. The van der Waals surface area contributed by atoms with Crippen LogP contribution in [0, 0.1) is 0 Å². The Labute approximate surface area is 168 Å². The number of phenolic OH excluding ortho intramolecular Hbond substituents is 1. The second-order valence-electron chi connectivity index (χ2n) is 7.01. The summed E-state index contributed by atoms with van der Waals surface area (Å²) < 4.78 is 1.52. The fourth-order valence-corrected chi connectivity index (χ4v) is 2.99. The van der Waals surface area contributed by atoms with E-state index in [4.69, 9.17) is 0 Å². The Morgan fingerprint density at radius 1 is 1.23 bits per heavy atom. The summed E-state index contributed by atoms with van der Waals surface area (Å²) in [7, 11) is 0. The molecule has 0 bridgehead atoms. The zero-order valence-corrected chi connectivity index (χ0v) is 15.7. The fourth-order valence-electron chi connectivity index (χ4n) is 2.99. The van der Waals surface area contributed by atoms with E-state index in [1.54, 1.807) is 30.5 Å². The first kappa shape index (κ1) is 17.9. The van der Waals surface area contributed by atoms with Gasteiger partial charge in [-0.25, -0.2) is 9.79 Å². The first-order chi connectivity index (χ1) is 14.6. The van der Waals surface area contributed by atoms with E-state index in [0.29, 0.717) is 34.5 Å². The molecule has 0 saturated heterocycles. The van der Waals surface area contributed by atoms with Crippen LogP contribution in [0.15, 0.2) is 40.2 Å². The van der Waals surface area contributed by atoms with Crippen molar-refractivity contribution in [3.05, 3.63) is 63.0 Å². The Morgan fingerprint density at radius 2 is 2.07 bits per heavy atom. The summed E-state index contributed by atoms with van der Waals surface area (Å²) in [5.74, 6) is 0.237. The Bertz CT molecular complexity index is 1410. The van der Waals surface area contributed by atoms with Gasteiger partial charge in [0.05, 0.1) is 12.2 Å². The Morgan fingerprint density at radius 3 is 2.80 bits per heavy atom. The molecule has 1 aliphatic carbocycles. The van der Waals surface area contributed by atoms with E-state index in [0.717, 1.165) is 12.8 Å². The van der Waals surface area contributed by atoms with Gasteiger partial charge in [-0.1, -0.05) is 18.2 Å². The molecule has 1 aromatic carbocycles. The molecule has 152 valence electrons. The number of imidazole rings is 1. The van der Waals surface area contributed by atoms with Crippen LogP contribution in [-0.4, -0.2) is 45.8 Å². The number of benzene rings is 1. The highest BCUT2D eigenvalue weighted by molar-refractivity contribution is 5.57. The number of nitrogens with zero attached hydrogens (tertiary/aromatic N) is 5. The topological polar surface area (TPSA) is 157 Å². The second-order valence-corrected chi connectivity index (χ2v) is 7.01. The quantitative estimate of drug-likeness (QED) is 0.306. The van der Waals surface area contributed by atoms with E-state index < -0.39 is 5.69 Å². The number of nitrogens with one attached hydrogen (secondary N) is 3. The molecule has 0 aliphatic heterocycles. The molecule has 4 aromatic rings. The van der Waals surface area contributed by atoms with Crippen LogP contribution in [0.4, 0.5) is 5.95 Å². The summed E-state index contributed by atoms with van der Waals surface area (Å²) in [5.41, 5.74) is 1.29. The van der Waals surface area contributed by atoms with Gasteiger partial charge in [0.1, 0.15) is 11.4 Å². The molecule has 1 saturated carbocycles. The molecular formula is C19H18N8O3. The van der Waals surface area contributed by atoms with E-state index in [1.807, 2.05) is 6.07 Å². The molecule has 0 unspecified atom stereocenters. The van der Waals surface area contributed by atoms with Crippen molar-refractivity contribution in [1.82, 2.24) is 29.5 Å². The van der Waals surface area contributed by atoms with Gasteiger partial charge < -0.3 is 20.5 Å². The maximum Gasteiger partial charge on any atom is 0.326 e. The molecule has 5 N–H and O–H groups in total. The lowest BCUT2D eigenvalue weighted by Crippen LogP contribution is -2.24. The second kappa shape index (κ2) is 7.03. The highest BCUT2D eigenvalue weighted by Crippen LogP contribution is 2.22. The Kier molecular flexibility index (Phi) is 4.20. The normalized spacial score (nSPS) is 15.2. The van der Waals surface area contributed by atoms with Crippen LogP contribution in [0.1, 0.15) is 24.1 Å². The van der Waals surface area contributed by atoms with Crippen molar-refractivity contribution in [1.29, 1.82) is 0 Å². The predicted molar refractivity (Wildman–Crippen MR) is 107 cm³/mol. The van der Waals surface area contributed by atoms with Crippen LogP contribution in [0.2, 0.25) is 0 Å². The maximum absolute atomic E-state index is 11.4. The number of rotatable bonds is 5. The fraction of sp³-hybridized carbons (Fsp3) is 0.211. The zero-order valence-electron chi connectivity index (χ0n) is 15.7. The molecule has 0 radical (unpaired) electrons. The highest BCUT2D eigenvalue weighted by atomic mass is 16.3. The smallest absolute Gasteiger partial charge is 0.326 e. The molecule has 3 aromatic heterocycles. The summed E-state index contributed by atoms with van der Waals surface area (Å²) in [5, 5.41) is 27.8. The van der Waals surface area contributed by atoms with Gasteiger partial charge >= 0.3 is 5.69 Å². The molecule has 30 heavy (non-hydrogen) atoms. The summed E-state index contributed by atoms with van der Waals surface area (Å²) in [6.45, 7) is 0.324. The number of aromatic hydroxyl groups is 2. The van der Waals surface area contributed by atoms with Crippen LogP contribution in [0.25, 0.3) is 11.7 Å². The predicted octanol–water partition coefficient (Wildman–Crippen LogP) is -0.225. The molecular weight excluding hydrogens is 388 g/mol. The molecule has 0 amide bonds. The van der Waals surface area contributed by atoms with Crippen molar-refractivity contribution in [3.63, 3.8) is 0 Å². The third-order valence-electron chi connectivity index (χ3n) is 4.69. The zero-order chi connectivity index (χ0) is 20.7. The van der Waals surface area contributed by atoms with Gasteiger partial charge in [-0.15, -0.1) is 0 Å². The first-order valence-electron chi connectivity index (χ1n) is 9.40. The number of aromatic amines is 2. The number of hydrogen-bond donors (Lipinski definition) is 5. The van der Waals surface area contributed by atoms with Gasteiger partial charge in [-0.05, 0) is 25.0 Å². The molecule has 0 spiro atoms. The number of para-hydroxylation sites is 1. The highest BCUT2D eigenvalue weighted by Gasteiger charge is 2.21. The van der Waals surface area contributed by atoms with Crippen LogP contribution in [-0.2, 0) is 6.54 Å². The summed E-state index contributed by atoms with van der Waals surface area (Å²) >= 11 is 0. The first-order valence-corrected chi connectivity index (χ1v) is 9.40. The largest absolute Gasteiger partial charge is 0.508 e. The van der Waals surface area contributed by atoms with Crippen molar-refractivity contribution in [2.24, 2.45) is 4.99 Å². The van der Waals surface area contributed by atoms with Crippen molar-refractivity contribution in [2.45, 2.75) is 25.4 Å². The summed E-state index contributed by atoms with van der Waals surface area (Å²) in [4.78, 5) is 29.8. The summed E-state index contributed by atoms with van der Waals surface area (Å²) in [6, 6.07) is 7.23. The number of anilines is 1. The van der Waals surface area contributed by atoms with Crippen molar-refractivity contribution >= 4 is 17.7 Å². The lowest BCUT2D eigenvalue weighted by molar-refractivity contribution is 0.454. The minimum Gasteiger partial charge on any atom is -0.508 e. The Hall–Kier alpha value is -4.15. The van der Waals surface area contributed by atoms with Crippen molar-refractivity contribution in [3.8, 4) is 11.6 Å². The minimum atomic E-state index is -0.515. The van der Waals surface area contributed by atoms with Gasteiger partial charge in [0.2, 0.25) is 11.8 Å². The van der Waals surface area contributed by atoms with Gasteiger partial charge in [-0.2, -0.15) is 19.6 Å². The molecule has 11 heteroatoms. The standard InChI is InChI=1S/C19H18N8O3/c28-14-4-2-1-3-10(14)8-20-17-24-15-11(7-13-16(29)25-19(30)23-13)9-21-27(15)18(26-17)22-12-5-6-12/h1-4,7,9,12,28-29H,5-6,8H2,(H,20,22,26)(H2,23,25,30)/b11-7+. The van der Waals surface area contributed by atoms with Gasteiger partial charge in [0.25, 0.3) is 5.62 Å². The molecule has 11 nitrogen and oxygen atoms in total. The lowest BCUT2D eigenvalue weighted by atomic mass is 10.2. The molecule has 5 rings (SSSR count). The van der Waals surface area contributed by atoms with E-state index >= 15 is 0 Å². The molecule has 1 fully saturated rings. The number of phenols is 1. The molecule has 0 atom stereocenters. The maximum atomic E-state index is 11.4.